The minimum atomic E-state index is -0.209. The van der Waals surface area contributed by atoms with Crippen molar-refractivity contribution in [1.29, 1.82) is 0 Å². The average Bonchev–Trinajstić information content (AvgIpc) is 2.37. The van der Waals surface area contributed by atoms with E-state index in [2.05, 4.69) is 5.48 Å². The molecule has 5 nitrogen and oxygen atoms in total. The average molecular weight is 253 g/mol. The van der Waals surface area contributed by atoms with Gasteiger partial charge >= 0.3 is 0 Å². The summed E-state index contributed by atoms with van der Waals surface area (Å²) in [6, 6.07) is 7.68. The van der Waals surface area contributed by atoms with Crippen LogP contribution in [0, 0.1) is 6.92 Å². The summed E-state index contributed by atoms with van der Waals surface area (Å²) in [7, 11) is 1.57. The van der Waals surface area contributed by atoms with E-state index in [1.807, 2.05) is 31.2 Å². The van der Waals surface area contributed by atoms with Gasteiger partial charge in [-0.2, -0.15) is 0 Å². The third kappa shape index (κ3) is 5.65. The van der Waals surface area contributed by atoms with Crippen LogP contribution in [0.4, 0.5) is 0 Å². The van der Waals surface area contributed by atoms with Gasteiger partial charge in [-0.25, -0.2) is 5.48 Å². The highest BCUT2D eigenvalue weighted by molar-refractivity contribution is 5.74. The fourth-order valence-electron chi connectivity index (χ4n) is 1.28. The van der Waals surface area contributed by atoms with Crippen molar-refractivity contribution in [3.8, 4) is 5.75 Å². The first-order valence-electron chi connectivity index (χ1n) is 5.82. The van der Waals surface area contributed by atoms with E-state index in [1.54, 1.807) is 7.11 Å². The van der Waals surface area contributed by atoms with Crippen molar-refractivity contribution in [1.82, 2.24) is 5.48 Å². The van der Waals surface area contributed by atoms with Crippen molar-refractivity contribution < 1.29 is 19.1 Å². The van der Waals surface area contributed by atoms with Crippen LogP contribution in [0.1, 0.15) is 12.0 Å². The summed E-state index contributed by atoms with van der Waals surface area (Å²) < 4.78 is 10.3. The summed E-state index contributed by atoms with van der Waals surface area (Å²) >= 11 is 0. The third-order valence-electron chi connectivity index (χ3n) is 2.26. The molecule has 0 fully saturated rings. The first kappa shape index (κ1) is 14.5. The van der Waals surface area contributed by atoms with E-state index >= 15 is 0 Å². The van der Waals surface area contributed by atoms with E-state index in [0.717, 1.165) is 11.3 Å². The fraction of sp³-hybridized carbons (Fsp3) is 0.462. The summed E-state index contributed by atoms with van der Waals surface area (Å²) in [5.74, 6) is 0.588. The highest BCUT2D eigenvalue weighted by atomic mass is 16.7. The van der Waals surface area contributed by atoms with Gasteiger partial charge in [0, 0.05) is 7.11 Å². The van der Waals surface area contributed by atoms with Crippen LogP contribution in [0.5, 0.6) is 5.75 Å². The minimum absolute atomic E-state index is 0.209. The zero-order chi connectivity index (χ0) is 13.2. The van der Waals surface area contributed by atoms with Crippen LogP contribution in [0.25, 0.3) is 0 Å². The fourth-order valence-corrected chi connectivity index (χ4v) is 1.28. The van der Waals surface area contributed by atoms with Crippen molar-refractivity contribution in [2.24, 2.45) is 0 Å². The zero-order valence-electron chi connectivity index (χ0n) is 10.8. The predicted molar refractivity (Wildman–Crippen MR) is 67.3 cm³/mol. The molecule has 1 aromatic rings. The molecule has 0 heterocycles. The first-order valence-corrected chi connectivity index (χ1v) is 5.82. The summed E-state index contributed by atoms with van der Waals surface area (Å²) in [5, 5.41) is 0. The molecule has 0 aliphatic heterocycles. The summed E-state index contributed by atoms with van der Waals surface area (Å²) in [6.07, 6.45) is 0.251. The van der Waals surface area contributed by atoms with Gasteiger partial charge in [0.1, 0.15) is 5.75 Å². The predicted octanol–water partition coefficient (Wildman–Crippen LogP) is 1.46. The molecule has 100 valence electrons. The Morgan fingerprint density at radius 3 is 2.72 bits per heavy atom. The Balaban J connectivity index is 2.14. The number of benzene rings is 1. The van der Waals surface area contributed by atoms with Gasteiger partial charge in [0.2, 0.25) is 5.91 Å². The lowest BCUT2D eigenvalue weighted by Crippen LogP contribution is -2.26. The highest BCUT2D eigenvalue weighted by Gasteiger charge is 2.03. The molecule has 0 radical (unpaired) electrons. The lowest BCUT2D eigenvalue weighted by molar-refractivity contribution is -0.135. The quantitative estimate of drug-likeness (QED) is 0.563. The molecule has 0 saturated carbocycles. The van der Waals surface area contributed by atoms with Crippen LogP contribution in [-0.2, 0) is 14.4 Å². The van der Waals surface area contributed by atoms with Crippen LogP contribution < -0.4 is 10.2 Å². The number of methoxy groups -OCH3 is 1. The standard InChI is InChI=1S/C13H19NO4/c1-11-5-3-4-6-12(11)17-8-7-13(15)14-18-10-9-16-2/h3-6H,7-10H2,1-2H3,(H,14,15). The Hall–Kier alpha value is -1.59. The SMILES string of the molecule is COCCONC(=O)CCOc1ccccc1C. The Kier molecular flexibility index (Phi) is 6.83. The van der Waals surface area contributed by atoms with Gasteiger partial charge in [-0.1, -0.05) is 18.2 Å². The Morgan fingerprint density at radius 1 is 1.22 bits per heavy atom. The van der Waals surface area contributed by atoms with Crippen molar-refractivity contribution in [2.45, 2.75) is 13.3 Å². The van der Waals surface area contributed by atoms with Gasteiger partial charge in [-0.15, -0.1) is 0 Å². The summed E-state index contributed by atoms with van der Waals surface area (Å²) in [6.45, 7) is 3.06. The molecule has 1 N–H and O–H groups in total. The van der Waals surface area contributed by atoms with Crippen LogP contribution in [0.15, 0.2) is 24.3 Å². The third-order valence-corrected chi connectivity index (χ3v) is 2.26. The van der Waals surface area contributed by atoms with E-state index < -0.39 is 0 Å². The van der Waals surface area contributed by atoms with Gasteiger partial charge in [-0.05, 0) is 18.6 Å². The van der Waals surface area contributed by atoms with Gasteiger partial charge in [-0.3, -0.25) is 9.63 Å². The molecule has 18 heavy (non-hydrogen) atoms. The van der Waals surface area contributed by atoms with Crippen LogP contribution in [0.3, 0.4) is 0 Å². The number of para-hydroxylation sites is 1. The van der Waals surface area contributed by atoms with Crippen molar-refractivity contribution in [3.63, 3.8) is 0 Å². The van der Waals surface area contributed by atoms with E-state index in [4.69, 9.17) is 14.3 Å². The topological polar surface area (TPSA) is 56.8 Å². The second-order valence-electron chi connectivity index (χ2n) is 3.73. The molecular formula is C13H19NO4. The molecule has 5 heteroatoms. The Morgan fingerprint density at radius 2 is 2.00 bits per heavy atom. The molecule has 0 aromatic heterocycles. The second-order valence-corrected chi connectivity index (χ2v) is 3.73. The van der Waals surface area contributed by atoms with E-state index in [0.29, 0.717) is 19.8 Å². The molecule has 0 aliphatic rings. The van der Waals surface area contributed by atoms with Gasteiger partial charge in [0.15, 0.2) is 0 Å². The molecular weight excluding hydrogens is 234 g/mol. The Bertz CT molecular complexity index is 368. The van der Waals surface area contributed by atoms with Crippen LogP contribution in [-0.4, -0.2) is 32.8 Å². The number of hydrogen-bond acceptors (Lipinski definition) is 4. The lowest BCUT2D eigenvalue weighted by Gasteiger charge is -2.09. The number of hydrogen-bond donors (Lipinski definition) is 1. The number of nitrogens with one attached hydrogen (secondary N) is 1. The number of carbonyl (C=O) groups is 1. The maximum absolute atomic E-state index is 11.3. The largest absolute Gasteiger partial charge is 0.493 e. The maximum Gasteiger partial charge on any atom is 0.246 e. The minimum Gasteiger partial charge on any atom is -0.493 e. The molecule has 0 atom stereocenters. The normalized spacial score (nSPS) is 10.1. The van der Waals surface area contributed by atoms with Gasteiger partial charge < -0.3 is 9.47 Å². The molecule has 0 aliphatic carbocycles. The zero-order valence-corrected chi connectivity index (χ0v) is 10.8. The maximum atomic E-state index is 11.3. The molecule has 0 bridgehead atoms. The van der Waals surface area contributed by atoms with Crippen molar-refractivity contribution in [3.05, 3.63) is 29.8 Å². The number of amides is 1. The van der Waals surface area contributed by atoms with E-state index in [1.165, 1.54) is 0 Å². The molecule has 0 spiro atoms. The van der Waals surface area contributed by atoms with E-state index in [9.17, 15) is 4.79 Å². The number of ether oxygens (including phenoxy) is 2. The number of hydroxylamine groups is 1. The highest BCUT2D eigenvalue weighted by Crippen LogP contribution is 2.15. The number of rotatable bonds is 8. The molecule has 1 amide bonds. The van der Waals surface area contributed by atoms with Crippen molar-refractivity contribution >= 4 is 5.91 Å². The smallest absolute Gasteiger partial charge is 0.246 e. The van der Waals surface area contributed by atoms with E-state index in [-0.39, 0.29) is 12.3 Å². The molecule has 1 aromatic carbocycles. The molecule has 0 unspecified atom stereocenters. The van der Waals surface area contributed by atoms with Gasteiger partial charge in [0.05, 0.1) is 26.2 Å². The second kappa shape index (κ2) is 8.49. The molecule has 1 rings (SSSR count). The van der Waals surface area contributed by atoms with Crippen LogP contribution >= 0.6 is 0 Å². The monoisotopic (exact) mass is 253 g/mol. The summed E-state index contributed by atoms with van der Waals surface area (Å²) in [5.41, 5.74) is 3.37. The van der Waals surface area contributed by atoms with Crippen molar-refractivity contribution in [2.75, 3.05) is 26.9 Å². The Labute approximate surface area is 107 Å². The number of aryl methyl sites for hydroxylation is 1. The number of carbonyl (C=O) groups excluding carboxylic acids is 1. The lowest BCUT2D eigenvalue weighted by atomic mass is 10.2. The molecule has 0 saturated heterocycles. The van der Waals surface area contributed by atoms with Crippen LogP contribution in [0.2, 0.25) is 0 Å². The summed E-state index contributed by atoms with van der Waals surface area (Å²) in [4.78, 5) is 16.2. The van der Waals surface area contributed by atoms with Gasteiger partial charge in [0.25, 0.3) is 0 Å². The first-order chi connectivity index (χ1) is 8.74.